The summed E-state index contributed by atoms with van der Waals surface area (Å²) in [7, 11) is -1.39. The first-order valence-electron chi connectivity index (χ1n) is 11.8. The Hall–Kier alpha value is -2.20. The van der Waals surface area contributed by atoms with Gasteiger partial charge in [0.1, 0.15) is 0 Å². The van der Waals surface area contributed by atoms with Crippen LogP contribution < -0.4 is 10.4 Å². The Morgan fingerprint density at radius 2 is 1.34 bits per heavy atom. The van der Waals surface area contributed by atoms with Gasteiger partial charge in [-0.1, -0.05) is 119 Å². The zero-order chi connectivity index (χ0) is 22.8. The molecule has 0 aliphatic rings. The summed E-state index contributed by atoms with van der Waals surface area (Å²) < 4.78 is 7.06. The molecule has 1 atom stereocenters. The average molecular weight is 446 g/mol. The molecule has 0 heterocycles. The first-order chi connectivity index (χ1) is 15.5. The van der Waals surface area contributed by atoms with Crippen LogP contribution in [-0.4, -0.2) is 20.8 Å². The highest BCUT2D eigenvalue weighted by Gasteiger charge is 2.32. The van der Waals surface area contributed by atoms with Crippen molar-refractivity contribution in [2.24, 2.45) is 5.41 Å². The Bertz CT molecular complexity index is 879. The van der Waals surface area contributed by atoms with Crippen molar-refractivity contribution in [2.45, 2.75) is 59.0 Å². The normalized spacial score (nSPS) is 12.8. The Morgan fingerprint density at radius 1 is 0.750 bits per heavy atom. The lowest BCUT2D eigenvalue weighted by Crippen LogP contribution is -2.47. The van der Waals surface area contributed by atoms with Gasteiger partial charge in [0.25, 0.3) is 9.04 Å². The van der Waals surface area contributed by atoms with E-state index in [9.17, 15) is 0 Å². The molecule has 0 bridgehead atoms. The van der Waals surface area contributed by atoms with E-state index in [-0.39, 0.29) is 11.5 Å². The van der Waals surface area contributed by atoms with Crippen LogP contribution in [0.25, 0.3) is 0 Å². The summed E-state index contributed by atoms with van der Waals surface area (Å²) in [6.45, 7) is 7.12. The van der Waals surface area contributed by atoms with Gasteiger partial charge in [-0.25, -0.2) is 0 Å². The Morgan fingerprint density at radius 3 is 1.91 bits per heavy atom. The standard InChI is InChI=1S/C29H37O2Si/c1-29(2,3)28(25-17-14-16-24(23-25)15-8-4-5-13-22-30)31-32(26-18-9-6-10-19-26)27-20-11-7-12-21-27/h6-7,9-12,14,16-21,23,28,30H,4-5,8,13,15,22H2,1-3H3. The molecule has 0 aliphatic carbocycles. The van der Waals surface area contributed by atoms with Crippen molar-refractivity contribution in [1.82, 2.24) is 0 Å². The van der Waals surface area contributed by atoms with Crippen molar-refractivity contribution in [1.29, 1.82) is 0 Å². The van der Waals surface area contributed by atoms with E-state index in [1.54, 1.807) is 0 Å². The van der Waals surface area contributed by atoms with Gasteiger partial charge in [-0.3, -0.25) is 0 Å². The third kappa shape index (κ3) is 7.16. The largest absolute Gasteiger partial charge is 0.400 e. The zero-order valence-electron chi connectivity index (χ0n) is 19.8. The van der Waals surface area contributed by atoms with E-state index in [1.807, 2.05) is 0 Å². The molecule has 3 aromatic rings. The number of hydrogen-bond acceptors (Lipinski definition) is 2. The van der Waals surface area contributed by atoms with Crippen LogP contribution in [0.4, 0.5) is 0 Å². The number of unbranched alkanes of at least 4 members (excludes halogenated alkanes) is 3. The molecule has 2 nitrogen and oxygen atoms in total. The van der Waals surface area contributed by atoms with Crippen LogP contribution in [0, 0.1) is 5.41 Å². The maximum atomic E-state index is 8.98. The van der Waals surface area contributed by atoms with Crippen LogP contribution in [0.3, 0.4) is 0 Å². The molecule has 1 radical (unpaired) electrons. The van der Waals surface area contributed by atoms with Gasteiger partial charge in [-0.2, -0.15) is 0 Å². The molecule has 0 saturated carbocycles. The first kappa shape index (κ1) is 24.4. The molecule has 32 heavy (non-hydrogen) atoms. The molecule has 3 aromatic carbocycles. The molecule has 1 unspecified atom stereocenters. The summed E-state index contributed by atoms with van der Waals surface area (Å²) in [6, 6.07) is 30.3. The molecule has 0 aliphatic heterocycles. The summed E-state index contributed by atoms with van der Waals surface area (Å²) in [5.41, 5.74) is 2.61. The number of hydrogen-bond donors (Lipinski definition) is 1. The number of aliphatic hydroxyl groups excluding tert-OH is 1. The Kier molecular flexibility index (Phi) is 9.28. The number of benzene rings is 3. The molecule has 169 valence electrons. The molecule has 0 amide bonds. The first-order valence-corrected chi connectivity index (χ1v) is 13.2. The molecule has 0 aromatic heterocycles. The summed E-state index contributed by atoms with van der Waals surface area (Å²) in [5.74, 6) is 0. The molecular formula is C29H37O2Si. The molecule has 3 rings (SSSR count). The van der Waals surface area contributed by atoms with E-state index in [4.69, 9.17) is 9.53 Å². The van der Waals surface area contributed by atoms with Crippen LogP contribution in [0.1, 0.15) is 63.7 Å². The maximum Gasteiger partial charge on any atom is 0.283 e. The Balaban J connectivity index is 1.85. The predicted molar refractivity (Wildman–Crippen MR) is 137 cm³/mol. The van der Waals surface area contributed by atoms with Gasteiger partial charge in [0.05, 0.1) is 6.10 Å². The van der Waals surface area contributed by atoms with Gasteiger partial charge < -0.3 is 9.53 Å². The minimum absolute atomic E-state index is 0.00569. The van der Waals surface area contributed by atoms with Gasteiger partial charge in [0.15, 0.2) is 0 Å². The van der Waals surface area contributed by atoms with Crippen LogP contribution >= 0.6 is 0 Å². The highest BCUT2D eigenvalue weighted by Crippen LogP contribution is 2.37. The van der Waals surface area contributed by atoms with Crippen molar-refractivity contribution in [3.05, 3.63) is 96.1 Å². The third-order valence-corrected chi connectivity index (χ3v) is 7.91. The SMILES string of the molecule is CC(C)(C)C(O[Si](c1ccccc1)c1ccccc1)c1cccc(CCCCCCO)c1. The lowest BCUT2D eigenvalue weighted by Gasteiger charge is -2.34. The molecule has 1 N–H and O–H groups in total. The second-order valence-electron chi connectivity index (χ2n) is 9.56. The van der Waals surface area contributed by atoms with Crippen molar-refractivity contribution < 1.29 is 9.53 Å². The summed E-state index contributed by atoms with van der Waals surface area (Å²) >= 11 is 0. The van der Waals surface area contributed by atoms with Gasteiger partial charge >= 0.3 is 0 Å². The molecule has 0 saturated heterocycles. The highest BCUT2D eigenvalue weighted by molar-refractivity contribution is 6.80. The summed E-state index contributed by atoms with van der Waals surface area (Å²) in [5, 5.41) is 11.5. The highest BCUT2D eigenvalue weighted by atomic mass is 28.3. The number of aliphatic hydroxyl groups is 1. The van der Waals surface area contributed by atoms with Crippen molar-refractivity contribution in [3.63, 3.8) is 0 Å². The van der Waals surface area contributed by atoms with E-state index < -0.39 is 9.04 Å². The predicted octanol–water partition coefficient (Wildman–Crippen LogP) is 5.69. The second kappa shape index (κ2) is 12.1. The Labute approximate surface area is 196 Å². The summed E-state index contributed by atoms with van der Waals surface area (Å²) in [6.07, 6.45) is 5.41. The fourth-order valence-corrected chi connectivity index (χ4v) is 6.37. The van der Waals surface area contributed by atoms with E-state index in [0.717, 1.165) is 25.7 Å². The number of rotatable bonds is 11. The minimum atomic E-state index is -1.39. The minimum Gasteiger partial charge on any atom is -0.400 e. The van der Waals surface area contributed by atoms with Crippen LogP contribution in [0.15, 0.2) is 84.9 Å². The van der Waals surface area contributed by atoms with Crippen molar-refractivity contribution >= 4 is 19.4 Å². The third-order valence-electron chi connectivity index (χ3n) is 5.72. The smallest absolute Gasteiger partial charge is 0.283 e. The maximum absolute atomic E-state index is 8.98. The van der Waals surface area contributed by atoms with Crippen molar-refractivity contribution in [3.8, 4) is 0 Å². The molecule has 0 spiro atoms. The van der Waals surface area contributed by atoms with E-state index >= 15 is 0 Å². The van der Waals surface area contributed by atoms with E-state index in [0.29, 0.717) is 6.61 Å². The van der Waals surface area contributed by atoms with Crippen LogP contribution in [0.5, 0.6) is 0 Å². The lowest BCUT2D eigenvalue weighted by atomic mass is 9.84. The van der Waals surface area contributed by atoms with Crippen LogP contribution in [-0.2, 0) is 10.8 Å². The fraction of sp³-hybridized carbons (Fsp3) is 0.379. The number of aryl methyl sites for hydroxylation is 1. The lowest BCUT2D eigenvalue weighted by molar-refractivity contribution is 0.0896. The van der Waals surface area contributed by atoms with Gasteiger partial charge in [0, 0.05) is 6.61 Å². The molecular weight excluding hydrogens is 408 g/mol. The monoisotopic (exact) mass is 445 g/mol. The molecule has 0 fully saturated rings. The van der Waals surface area contributed by atoms with E-state index in [1.165, 1.54) is 27.9 Å². The van der Waals surface area contributed by atoms with Crippen LogP contribution in [0.2, 0.25) is 0 Å². The molecule has 3 heteroatoms. The quantitative estimate of drug-likeness (QED) is 0.303. The summed E-state index contributed by atoms with van der Waals surface area (Å²) in [4.78, 5) is 0. The van der Waals surface area contributed by atoms with Gasteiger partial charge in [-0.15, -0.1) is 0 Å². The topological polar surface area (TPSA) is 29.5 Å². The second-order valence-corrected chi connectivity index (χ2v) is 11.6. The van der Waals surface area contributed by atoms with E-state index in [2.05, 4.69) is 106 Å². The van der Waals surface area contributed by atoms with Gasteiger partial charge in [-0.05, 0) is 46.2 Å². The van der Waals surface area contributed by atoms with Gasteiger partial charge in [0.2, 0.25) is 0 Å². The van der Waals surface area contributed by atoms with Crippen molar-refractivity contribution in [2.75, 3.05) is 6.61 Å². The fourth-order valence-electron chi connectivity index (χ4n) is 4.05. The average Bonchev–Trinajstić information content (AvgIpc) is 2.80. The zero-order valence-corrected chi connectivity index (χ0v) is 20.8.